The van der Waals surface area contributed by atoms with Crippen molar-refractivity contribution in [1.82, 2.24) is 19.9 Å². The number of anilines is 1. The minimum atomic E-state index is -0.198. The molecule has 0 fully saturated rings. The smallest absolute Gasteiger partial charge is 0.237 e. The number of rotatable bonds is 7. The van der Waals surface area contributed by atoms with Gasteiger partial charge in [-0.15, -0.1) is 16.8 Å². The summed E-state index contributed by atoms with van der Waals surface area (Å²) in [5.41, 5.74) is 1.61. The Morgan fingerprint density at radius 2 is 2.04 bits per heavy atom. The van der Waals surface area contributed by atoms with Crippen LogP contribution in [0.25, 0.3) is 11.4 Å². The highest BCUT2D eigenvalue weighted by Crippen LogP contribution is 2.25. The van der Waals surface area contributed by atoms with Crippen LogP contribution in [0.15, 0.2) is 58.7 Å². The standard InChI is InChI=1S/C20H23N5O2S/c1-5-11-25-18(14-9-7-6-8-10-14)22-23-19(25)28-13-16(26)21-17-12-15(24-27-17)20(2,3)4/h5-10,12H,1,11,13H2,2-4H3,(H,21,26). The Bertz CT molecular complexity index is 957. The molecule has 8 heteroatoms. The second-order valence-corrected chi connectivity index (χ2v) is 8.18. The van der Waals surface area contributed by atoms with Crippen molar-refractivity contribution in [2.75, 3.05) is 11.1 Å². The van der Waals surface area contributed by atoms with Crippen molar-refractivity contribution in [3.63, 3.8) is 0 Å². The van der Waals surface area contributed by atoms with Gasteiger partial charge in [-0.1, -0.05) is 74.1 Å². The molecule has 0 atom stereocenters. The van der Waals surface area contributed by atoms with Gasteiger partial charge in [0.2, 0.25) is 11.8 Å². The quantitative estimate of drug-likeness (QED) is 0.476. The Morgan fingerprint density at radius 1 is 1.29 bits per heavy atom. The first-order valence-corrected chi connectivity index (χ1v) is 9.86. The third-order valence-electron chi connectivity index (χ3n) is 3.93. The topological polar surface area (TPSA) is 85.8 Å². The fourth-order valence-electron chi connectivity index (χ4n) is 2.48. The molecule has 0 spiro atoms. The second-order valence-electron chi connectivity index (χ2n) is 7.23. The van der Waals surface area contributed by atoms with E-state index in [-0.39, 0.29) is 17.1 Å². The van der Waals surface area contributed by atoms with E-state index >= 15 is 0 Å². The van der Waals surface area contributed by atoms with Gasteiger partial charge in [0.05, 0.1) is 11.4 Å². The van der Waals surface area contributed by atoms with Crippen LogP contribution in [-0.2, 0) is 16.8 Å². The van der Waals surface area contributed by atoms with Crippen LogP contribution >= 0.6 is 11.8 Å². The summed E-state index contributed by atoms with van der Waals surface area (Å²) in [7, 11) is 0. The molecule has 0 saturated heterocycles. The van der Waals surface area contributed by atoms with Gasteiger partial charge in [-0.25, -0.2) is 0 Å². The Labute approximate surface area is 168 Å². The average molecular weight is 398 g/mol. The highest BCUT2D eigenvalue weighted by atomic mass is 32.2. The molecule has 2 heterocycles. The van der Waals surface area contributed by atoms with Crippen LogP contribution in [0.1, 0.15) is 26.5 Å². The number of carbonyl (C=O) groups is 1. The lowest BCUT2D eigenvalue weighted by atomic mass is 9.92. The summed E-state index contributed by atoms with van der Waals surface area (Å²) in [6.45, 7) is 10.4. The van der Waals surface area contributed by atoms with Crippen molar-refractivity contribution in [1.29, 1.82) is 0 Å². The van der Waals surface area contributed by atoms with E-state index in [9.17, 15) is 4.79 Å². The van der Waals surface area contributed by atoms with Gasteiger partial charge in [-0.3, -0.25) is 14.7 Å². The van der Waals surface area contributed by atoms with Crippen LogP contribution in [0, 0.1) is 0 Å². The number of nitrogens with zero attached hydrogens (tertiary/aromatic N) is 4. The van der Waals surface area contributed by atoms with E-state index in [0.717, 1.165) is 17.1 Å². The van der Waals surface area contributed by atoms with Gasteiger partial charge >= 0.3 is 0 Å². The van der Waals surface area contributed by atoms with Gasteiger partial charge in [0.15, 0.2) is 11.0 Å². The zero-order valence-corrected chi connectivity index (χ0v) is 17.0. The first kappa shape index (κ1) is 19.9. The van der Waals surface area contributed by atoms with E-state index in [0.29, 0.717) is 17.6 Å². The monoisotopic (exact) mass is 397 g/mol. The van der Waals surface area contributed by atoms with Gasteiger partial charge in [0.25, 0.3) is 0 Å². The summed E-state index contributed by atoms with van der Waals surface area (Å²) in [5.74, 6) is 1.06. The maximum atomic E-state index is 12.3. The molecule has 0 aliphatic heterocycles. The second kappa shape index (κ2) is 8.43. The van der Waals surface area contributed by atoms with Crippen molar-refractivity contribution in [3.05, 3.63) is 54.7 Å². The van der Waals surface area contributed by atoms with Crippen LogP contribution in [0.2, 0.25) is 0 Å². The number of nitrogens with one attached hydrogen (secondary N) is 1. The summed E-state index contributed by atoms with van der Waals surface area (Å²) >= 11 is 1.31. The summed E-state index contributed by atoms with van der Waals surface area (Å²) in [5, 5.41) is 15.9. The van der Waals surface area contributed by atoms with Crippen molar-refractivity contribution >= 4 is 23.6 Å². The summed E-state index contributed by atoms with van der Waals surface area (Å²) < 4.78 is 7.14. The zero-order valence-electron chi connectivity index (χ0n) is 16.2. The lowest BCUT2D eigenvalue weighted by Gasteiger charge is -2.12. The Balaban J connectivity index is 1.67. The largest absolute Gasteiger partial charge is 0.338 e. The van der Waals surface area contributed by atoms with Crippen LogP contribution in [0.3, 0.4) is 0 Å². The molecule has 146 valence electrons. The molecular formula is C20H23N5O2S. The molecule has 1 aromatic carbocycles. The highest BCUT2D eigenvalue weighted by Gasteiger charge is 2.20. The Morgan fingerprint density at radius 3 is 2.68 bits per heavy atom. The molecule has 1 N–H and O–H groups in total. The number of carbonyl (C=O) groups excluding carboxylic acids is 1. The number of hydrogen-bond acceptors (Lipinski definition) is 6. The van der Waals surface area contributed by atoms with E-state index in [1.165, 1.54) is 11.8 Å². The molecule has 0 saturated carbocycles. The number of hydrogen-bond donors (Lipinski definition) is 1. The lowest BCUT2D eigenvalue weighted by Crippen LogP contribution is -2.14. The van der Waals surface area contributed by atoms with Crippen LogP contribution < -0.4 is 5.32 Å². The fraction of sp³-hybridized carbons (Fsp3) is 0.300. The van der Waals surface area contributed by atoms with Crippen molar-refractivity contribution in [2.45, 2.75) is 37.9 Å². The summed E-state index contributed by atoms with van der Waals surface area (Å²) in [4.78, 5) is 12.3. The first-order valence-electron chi connectivity index (χ1n) is 8.88. The Kier molecular flexibility index (Phi) is 5.99. The van der Waals surface area contributed by atoms with Crippen LogP contribution in [-0.4, -0.2) is 31.6 Å². The van der Waals surface area contributed by atoms with E-state index in [2.05, 4.69) is 27.2 Å². The Hall–Kier alpha value is -2.87. The predicted octanol–water partition coefficient (Wildman–Crippen LogP) is 4.15. The van der Waals surface area contributed by atoms with Crippen molar-refractivity contribution in [3.8, 4) is 11.4 Å². The number of benzene rings is 1. The van der Waals surface area contributed by atoms with E-state index in [1.807, 2.05) is 55.7 Å². The number of allylic oxidation sites excluding steroid dienone is 1. The van der Waals surface area contributed by atoms with Crippen molar-refractivity contribution < 1.29 is 9.32 Å². The van der Waals surface area contributed by atoms with Crippen LogP contribution in [0.5, 0.6) is 0 Å². The molecular weight excluding hydrogens is 374 g/mol. The normalized spacial score (nSPS) is 11.4. The lowest BCUT2D eigenvalue weighted by molar-refractivity contribution is -0.113. The van der Waals surface area contributed by atoms with Gasteiger partial charge in [-0.05, 0) is 0 Å². The summed E-state index contributed by atoms with van der Waals surface area (Å²) in [6.07, 6.45) is 1.78. The van der Waals surface area contributed by atoms with E-state index in [4.69, 9.17) is 4.52 Å². The molecule has 28 heavy (non-hydrogen) atoms. The third-order valence-corrected chi connectivity index (χ3v) is 4.90. The van der Waals surface area contributed by atoms with Gasteiger partial charge < -0.3 is 4.52 Å². The maximum absolute atomic E-state index is 12.3. The predicted molar refractivity (Wildman–Crippen MR) is 110 cm³/mol. The SMILES string of the molecule is C=CCn1c(SCC(=O)Nc2cc(C(C)(C)C)no2)nnc1-c1ccccc1. The molecule has 3 aromatic rings. The summed E-state index contributed by atoms with van der Waals surface area (Å²) in [6, 6.07) is 11.5. The molecule has 0 aliphatic carbocycles. The molecule has 0 aliphatic rings. The zero-order chi connectivity index (χ0) is 20.1. The highest BCUT2D eigenvalue weighted by molar-refractivity contribution is 7.99. The number of aromatic nitrogens is 4. The molecule has 1 amide bonds. The van der Waals surface area contributed by atoms with Gasteiger partial charge in [0.1, 0.15) is 0 Å². The molecule has 0 bridgehead atoms. The number of thioether (sulfide) groups is 1. The third kappa shape index (κ3) is 4.69. The fourth-order valence-corrected chi connectivity index (χ4v) is 3.23. The molecule has 2 aromatic heterocycles. The van der Waals surface area contributed by atoms with Gasteiger partial charge in [0, 0.05) is 23.6 Å². The molecule has 3 rings (SSSR count). The maximum Gasteiger partial charge on any atom is 0.237 e. The first-order chi connectivity index (χ1) is 13.4. The van der Waals surface area contributed by atoms with E-state index < -0.39 is 0 Å². The van der Waals surface area contributed by atoms with Gasteiger partial charge in [-0.2, -0.15) is 0 Å². The van der Waals surface area contributed by atoms with Crippen molar-refractivity contribution in [2.24, 2.45) is 0 Å². The number of amides is 1. The molecule has 0 unspecified atom stereocenters. The van der Waals surface area contributed by atoms with E-state index in [1.54, 1.807) is 12.1 Å². The average Bonchev–Trinajstić information content (AvgIpc) is 3.28. The van der Waals surface area contributed by atoms with Crippen LogP contribution in [0.4, 0.5) is 5.88 Å². The minimum Gasteiger partial charge on any atom is -0.338 e. The minimum absolute atomic E-state index is 0.143. The molecule has 0 radical (unpaired) electrons. The molecule has 7 nitrogen and oxygen atoms in total.